The van der Waals surface area contributed by atoms with Crippen LogP contribution in [0.3, 0.4) is 0 Å². The van der Waals surface area contributed by atoms with Crippen LogP contribution >= 0.6 is 0 Å². The Balaban J connectivity index is 1.47. The Bertz CT molecular complexity index is 807. The molecule has 2 aliphatic rings. The van der Waals surface area contributed by atoms with Gasteiger partial charge >= 0.3 is 0 Å². The topological polar surface area (TPSA) is 23.6 Å². The minimum absolute atomic E-state index is 0.270. The van der Waals surface area contributed by atoms with Crippen LogP contribution in [0.4, 0.5) is 0 Å². The number of hydrogen-bond acceptors (Lipinski definition) is 2. The van der Waals surface area contributed by atoms with Gasteiger partial charge in [0.2, 0.25) is 5.91 Å². The van der Waals surface area contributed by atoms with Gasteiger partial charge in [-0.2, -0.15) is 0 Å². The fraction of sp³-hybridized carbons (Fsp3) is 0.435. The Morgan fingerprint density at radius 2 is 1.77 bits per heavy atom. The van der Waals surface area contributed by atoms with E-state index in [2.05, 4.69) is 67.4 Å². The van der Waals surface area contributed by atoms with E-state index in [1.54, 1.807) is 0 Å². The third kappa shape index (κ3) is 3.05. The molecule has 2 aromatic carbocycles. The van der Waals surface area contributed by atoms with E-state index in [0.717, 1.165) is 32.4 Å². The first-order valence-corrected chi connectivity index (χ1v) is 9.59. The first kappa shape index (κ1) is 17.3. The fourth-order valence-corrected chi connectivity index (χ4v) is 4.31. The summed E-state index contributed by atoms with van der Waals surface area (Å²) in [6, 6.07) is 17.6. The molecular formula is C23H28N2O. The van der Waals surface area contributed by atoms with Crippen molar-refractivity contribution in [1.29, 1.82) is 0 Å². The summed E-state index contributed by atoms with van der Waals surface area (Å²) in [6.07, 6.45) is 2.97. The van der Waals surface area contributed by atoms with Gasteiger partial charge in [0.1, 0.15) is 0 Å². The Morgan fingerprint density at radius 3 is 2.42 bits per heavy atom. The number of amides is 1. The summed E-state index contributed by atoms with van der Waals surface area (Å²) in [7, 11) is 4.15. The summed E-state index contributed by atoms with van der Waals surface area (Å²) in [5.41, 5.74) is 5.00. The van der Waals surface area contributed by atoms with Crippen LogP contribution in [-0.4, -0.2) is 42.4 Å². The lowest BCUT2D eigenvalue weighted by atomic mass is 9.92. The van der Waals surface area contributed by atoms with Crippen LogP contribution in [-0.2, 0) is 23.2 Å². The van der Waals surface area contributed by atoms with Gasteiger partial charge in [0.05, 0.1) is 5.41 Å². The van der Waals surface area contributed by atoms with Gasteiger partial charge in [-0.05, 0) is 49.9 Å². The quantitative estimate of drug-likeness (QED) is 0.844. The highest BCUT2D eigenvalue weighted by Crippen LogP contribution is 2.49. The van der Waals surface area contributed by atoms with Crippen LogP contribution in [0.5, 0.6) is 0 Å². The molecule has 0 saturated heterocycles. The summed E-state index contributed by atoms with van der Waals surface area (Å²) in [5, 5.41) is 0. The second-order valence-electron chi connectivity index (χ2n) is 8.18. The number of likely N-dealkylation sites (N-methyl/N-ethyl adjacent to an activating group) is 2. The average molecular weight is 348 g/mol. The number of carbonyl (C=O) groups excluding carboxylic acids is 1. The Kier molecular flexibility index (Phi) is 4.36. The summed E-state index contributed by atoms with van der Waals surface area (Å²) in [6.45, 7) is 3.84. The Hall–Kier alpha value is -2.13. The molecule has 1 amide bonds. The second kappa shape index (κ2) is 6.55. The minimum atomic E-state index is -0.270. The van der Waals surface area contributed by atoms with Crippen molar-refractivity contribution in [3.8, 4) is 0 Å². The molecule has 0 bridgehead atoms. The predicted octanol–water partition coefficient (Wildman–Crippen LogP) is 3.54. The first-order chi connectivity index (χ1) is 12.5. The van der Waals surface area contributed by atoms with Gasteiger partial charge in [-0.25, -0.2) is 0 Å². The summed E-state index contributed by atoms with van der Waals surface area (Å²) in [4.78, 5) is 17.6. The lowest BCUT2D eigenvalue weighted by molar-refractivity contribution is -0.133. The first-order valence-electron chi connectivity index (χ1n) is 9.59. The van der Waals surface area contributed by atoms with Crippen LogP contribution in [0, 0.1) is 6.92 Å². The highest BCUT2D eigenvalue weighted by atomic mass is 16.2. The molecule has 0 unspecified atom stereocenters. The van der Waals surface area contributed by atoms with E-state index >= 15 is 0 Å². The van der Waals surface area contributed by atoms with E-state index in [9.17, 15) is 4.79 Å². The molecule has 1 saturated carbocycles. The van der Waals surface area contributed by atoms with Crippen LogP contribution in [0.1, 0.15) is 35.1 Å². The number of aryl methyl sites for hydroxylation is 1. The predicted molar refractivity (Wildman–Crippen MR) is 105 cm³/mol. The molecule has 1 heterocycles. The van der Waals surface area contributed by atoms with E-state index < -0.39 is 0 Å². The molecule has 4 rings (SSSR count). The zero-order chi connectivity index (χ0) is 18.3. The third-order valence-electron chi connectivity index (χ3n) is 6.21. The zero-order valence-electron chi connectivity index (χ0n) is 16.0. The highest BCUT2D eigenvalue weighted by Gasteiger charge is 2.52. The number of nitrogens with zero attached hydrogens (tertiary/aromatic N) is 2. The molecule has 0 spiro atoms. The molecule has 26 heavy (non-hydrogen) atoms. The number of hydrogen-bond donors (Lipinski definition) is 0. The van der Waals surface area contributed by atoms with Crippen molar-refractivity contribution < 1.29 is 4.79 Å². The van der Waals surface area contributed by atoms with Crippen molar-refractivity contribution in [2.75, 3.05) is 20.6 Å². The van der Waals surface area contributed by atoms with Gasteiger partial charge in [-0.3, -0.25) is 9.69 Å². The van der Waals surface area contributed by atoms with Crippen molar-refractivity contribution >= 4 is 5.91 Å². The normalized spacial score (nSPS) is 21.1. The van der Waals surface area contributed by atoms with Gasteiger partial charge in [0.25, 0.3) is 0 Å². The largest absolute Gasteiger partial charge is 0.343 e. The smallest absolute Gasteiger partial charge is 0.233 e. The summed E-state index contributed by atoms with van der Waals surface area (Å²) < 4.78 is 0. The van der Waals surface area contributed by atoms with E-state index in [1.807, 2.05) is 11.9 Å². The van der Waals surface area contributed by atoms with Crippen LogP contribution in [0.2, 0.25) is 0 Å². The molecule has 1 fully saturated rings. The maximum Gasteiger partial charge on any atom is 0.233 e. The van der Waals surface area contributed by atoms with Crippen molar-refractivity contribution in [3.63, 3.8) is 0 Å². The molecule has 136 valence electrons. The van der Waals surface area contributed by atoms with E-state index in [1.165, 1.54) is 22.3 Å². The van der Waals surface area contributed by atoms with Crippen LogP contribution in [0.15, 0.2) is 48.5 Å². The molecule has 1 aliphatic heterocycles. The molecule has 3 heteroatoms. The maximum atomic E-state index is 13.2. The molecule has 2 aromatic rings. The highest BCUT2D eigenvalue weighted by molar-refractivity contribution is 5.91. The standard InChI is InChI=1S/C23H28N2O/c1-17-8-10-20(11-9-17)23(12-13-23)22(26)25(3)16-21-14-18-6-4-5-7-19(18)15-24(21)2/h4-11,21H,12-16H2,1-3H3/t21-/m1/s1. The lowest BCUT2D eigenvalue weighted by Gasteiger charge is -2.37. The number of benzene rings is 2. The molecule has 1 aliphatic carbocycles. The van der Waals surface area contributed by atoms with Gasteiger partial charge in [0, 0.05) is 26.2 Å². The molecule has 0 N–H and O–H groups in total. The molecule has 0 radical (unpaired) electrons. The van der Waals surface area contributed by atoms with Crippen molar-refractivity contribution in [3.05, 3.63) is 70.8 Å². The molecular weight excluding hydrogens is 320 g/mol. The fourth-order valence-electron chi connectivity index (χ4n) is 4.31. The zero-order valence-corrected chi connectivity index (χ0v) is 16.0. The van der Waals surface area contributed by atoms with Crippen molar-refractivity contribution in [1.82, 2.24) is 9.80 Å². The molecule has 0 aromatic heterocycles. The van der Waals surface area contributed by atoms with E-state index in [0.29, 0.717) is 6.04 Å². The van der Waals surface area contributed by atoms with Crippen LogP contribution < -0.4 is 0 Å². The molecule has 1 atom stereocenters. The van der Waals surface area contributed by atoms with Gasteiger partial charge in [0.15, 0.2) is 0 Å². The number of rotatable bonds is 4. The maximum absolute atomic E-state index is 13.2. The monoisotopic (exact) mass is 348 g/mol. The summed E-state index contributed by atoms with van der Waals surface area (Å²) >= 11 is 0. The summed E-state index contributed by atoms with van der Waals surface area (Å²) in [5.74, 6) is 0.286. The average Bonchev–Trinajstić information content (AvgIpc) is 3.44. The number of fused-ring (bicyclic) bond motifs is 1. The lowest BCUT2D eigenvalue weighted by Crippen LogP contribution is -2.48. The van der Waals surface area contributed by atoms with Gasteiger partial charge in [-0.1, -0.05) is 54.1 Å². The van der Waals surface area contributed by atoms with Crippen LogP contribution in [0.25, 0.3) is 0 Å². The Morgan fingerprint density at radius 1 is 1.12 bits per heavy atom. The Labute approximate surface area is 156 Å². The van der Waals surface area contributed by atoms with E-state index in [4.69, 9.17) is 0 Å². The molecule has 3 nitrogen and oxygen atoms in total. The van der Waals surface area contributed by atoms with E-state index in [-0.39, 0.29) is 11.3 Å². The van der Waals surface area contributed by atoms with Gasteiger partial charge in [-0.15, -0.1) is 0 Å². The SMILES string of the molecule is Cc1ccc(C2(C(=O)N(C)C[C@H]3Cc4ccccc4CN3C)CC2)cc1. The second-order valence-corrected chi connectivity index (χ2v) is 8.18. The van der Waals surface area contributed by atoms with Gasteiger partial charge < -0.3 is 4.90 Å². The third-order valence-corrected chi connectivity index (χ3v) is 6.21. The minimum Gasteiger partial charge on any atom is -0.343 e. The van der Waals surface area contributed by atoms with Crippen molar-refractivity contribution in [2.24, 2.45) is 0 Å². The number of carbonyl (C=O) groups is 1. The van der Waals surface area contributed by atoms with Crippen molar-refractivity contribution in [2.45, 2.75) is 44.2 Å².